The number of carbonyl (C=O) groups is 1. The molecule has 0 radical (unpaired) electrons. The fourth-order valence-electron chi connectivity index (χ4n) is 3.84. The molecule has 2 heterocycles. The van der Waals surface area contributed by atoms with Crippen molar-refractivity contribution in [3.05, 3.63) is 94.4 Å². The van der Waals surface area contributed by atoms with Crippen LogP contribution in [0.1, 0.15) is 72.1 Å². The highest BCUT2D eigenvalue weighted by atomic mass is 32.2. The second-order valence-electron chi connectivity index (χ2n) is 8.70. The standard InChI is InChI=1S/C29H34F3N3OS.C2H6/c1-8-11-13-22(16-19(4)12-9-2)18-35(7)28(36)26-21(6)25(27(37-26)33-10-3)20(5)23-14-15-24(34-17-23)29(30,31)32;1-2/h10-11,13-17H,3-4,8-9,12,18H2,1-2,5-7H3;1-2H3/b13-11-,22-16+,25-20+,33-27?;. The van der Waals surface area contributed by atoms with E-state index in [0.29, 0.717) is 38.8 Å². The number of rotatable bonds is 10. The van der Waals surface area contributed by atoms with Crippen molar-refractivity contribution in [3.63, 3.8) is 0 Å². The van der Waals surface area contributed by atoms with Gasteiger partial charge in [0.2, 0.25) is 0 Å². The van der Waals surface area contributed by atoms with Crippen LogP contribution in [0.3, 0.4) is 0 Å². The van der Waals surface area contributed by atoms with E-state index in [4.69, 9.17) is 0 Å². The van der Waals surface area contributed by atoms with Crippen molar-refractivity contribution in [2.75, 3.05) is 13.6 Å². The predicted molar refractivity (Wildman–Crippen MR) is 160 cm³/mol. The van der Waals surface area contributed by atoms with Crippen LogP contribution in [0, 0.1) is 0 Å². The van der Waals surface area contributed by atoms with E-state index in [-0.39, 0.29) is 5.91 Å². The zero-order chi connectivity index (χ0) is 29.8. The predicted octanol–water partition coefficient (Wildman–Crippen LogP) is 9.17. The zero-order valence-corrected chi connectivity index (χ0v) is 24.9. The lowest BCUT2D eigenvalue weighted by Crippen LogP contribution is -2.29. The molecule has 0 aromatic carbocycles. The summed E-state index contributed by atoms with van der Waals surface area (Å²) < 4.78 is 38.9. The number of amides is 1. The Labute approximate surface area is 235 Å². The van der Waals surface area contributed by atoms with E-state index in [1.165, 1.54) is 30.2 Å². The summed E-state index contributed by atoms with van der Waals surface area (Å²) in [6.45, 7) is 20.0. The Kier molecular flexibility index (Phi) is 14.0. The maximum absolute atomic E-state index is 13.5. The first-order valence-corrected chi connectivity index (χ1v) is 13.9. The molecule has 0 bridgehead atoms. The van der Waals surface area contributed by atoms with Crippen molar-refractivity contribution in [1.29, 1.82) is 0 Å². The molecule has 212 valence electrons. The van der Waals surface area contributed by atoms with E-state index < -0.39 is 11.9 Å². The van der Waals surface area contributed by atoms with Gasteiger partial charge in [-0.25, -0.2) is 4.99 Å². The summed E-state index contributed by atoms with van der Waals surface area (Å²) in [5, 5.41) is 0.569. The highest BCUT2D eigenvalue weighted by Crippen LogP contribution is 2.42. The molecule has 0 aliphatic carbocycles. The maximum Gasteiger partial charge on any atom is 0.433 e. The van der Waals surface area contributed by atoms with Crippen LogP contribution in [0.2, 0.25) is 0 Å². The molecule has 0 saturated carbocycles. The van der Waals surface area contributed by atoms with Crippen LogP contribution in [-0.2, 0) is 11.0 Å². The van der Waals surface area contributed by atoms with Gasteiger partial charge in [-0.2, -0.15) is 13.2 Å². The van der Waals surface area contributed by atoms with E-state index in [2.05, 4.69) is 43.1 Å². The van der Waals surface area contributed by atoms with Gasteiger partial charge in [-0.1, -0.05) is 88.9 Å². The number of aromatic nitrogens is 1. The van der Waals surface area contributed by atoms with Crippen molar-refractivity contribution < 1.29 is 18.0 Å². The fourth-order valence-corrected chi connectivity index (χ4v) is 5.06. The number of nitrogens with zero attached hydrogens (tertiary/aromatic N) is 3. The zero-order valence-electron chi connectivity index (χ0n) is 24.1. The minimum atomic E-state index is -4.51. The van der Waals surface area contributed by atoms with Gasteiger partial charge in [-0.05, 0) is 55.0 Å². The molecule has 1 aromatic rings. The molecule has 0 spiro atoms. The van der Waals surface area contributed by atoms with Gasteiger partial charge in [-0.15, -0.1) is 0 Å². The molecular formula is C31H40F3N3OS. The van der Waals surface area contributed by atoms with Crippen LogP contribution in [0.15, 0.2) is 88.1 Å². The Morgan fingerprint density at radius 1 is 1.23 bits per heavy atom. The van der Waals surface area contributed by atoms with Crippen molar-refractivity contribution in [1.82, 2.24) is 9.88 Å². The first-order valence-electron chi connectivity index (χ1n) is 13.1. The SMILES string of the molecule is C=CN=C1SC(C(=O)N(C)CC(/C=C\CC)=C/C(=C)CCC)=C(C)/C1=C(/C)c1ccc(C(F)(F)F)nc1.CC. The quantitative estimate of drug-likeness (QED) is 0.269. The average Bonchev–Trinajstić information content (AvgIpc) is 3.22. The van der Waals surface area contributed by atoms with Crippen molar-refractivity contribution in [2.45, 2.75) is 67.0 Å². The molecule has 4 nitrogen and oxygen atoms in total. The molecule has 0 atom stereocenters. The van der Waals surface area contributed by atoms with Crippen LogP contribution < -0.4 is 0 Å². The number of allylic oxidation sites excluding steroid dienone is 5. The third-order valence-corrected chi connectivity index (χ3v) is 6.88. The van der Waals surface area contributed by atoms with E-state index >= 15 is 0 Å². The number of aliphatic imine (C=N–C) groups is 1. The van der Waals surface area contributed by atoms with Crippen LogP contribution in [0.5, 0.6) is 0 Å². The number of thioether (sulfide) groups is 1. The Hall–Kier alpha value is -3.13. The molecule has 1 aromatic heterocycles. The average molecular weight is 560 g/mol. The highest BCUT2D eigenvalue weighted by Gasteiger charge is 2.33. The first kappa shape index (κ1) is 33.9. The van der Waals surface area contributed by atoms with Crippen LogP contribution in [-0.4, -0.2) is 34.4 Å². The molecular weight excluding hydrogens is 519 g/mol. The first-order chi connectivity index (χ1) is 18.4. The van der Waals surface area contributed by atoms with Gasteiger partial charge in [0.1, 0.15) is 10.7 Å². The minimum Gasteiger partial charge on any atom is -0.337 e. The lowest BCUT2D eigenvalue weighted by Gasteiger charge is -2.19. The lowest BCUT2D eigenvalue weighted by atomic mass is 9.97. The topological polar surface area (TPSA) is 45.6 Å². The second kappa shape index (κ2) is 16.1. The summed E-state index contributed by atoms with van der Waals surface area (Å²) in [5.74, 6) is -0.162. The molecule has 1 aliphatic heterocycles. The van der Waals surface area contributed by atoms with Gasteiger partial charge in [-0.3, -0.25) is 9.78 Å². The normalized spacial score (nSPS) is 16.4. The van der Waals surface area contributed by atoms with Gasteiger partial charge in [0, 0.05) is 31.6 Å². The summed E-state index contributed by atoms with van der Waals surface area (Å²) in [4.78, 5) is 23.6. The van der Waals surface area contributed by atoms with Gasteiger partial charge in [0.05, 0.1) is 4.91 Å². The van der Waals surface area contributed by atoms with Crippen molar-refractivity contribution in [3.8, 4) is 0 Å². The summed E-state index contributed by atoms with van der Waals surface area (Å²) in [6, 6.07) is 2.34. The molecule has 0 saturated heterocycles. The number of halogens is 3. The van der Waals surface area contributed by atoms with Gasteiger partial charge in [0.25, 0.3) is 5.91 Å². The smallest absolute Gasteiger partial charge is 0.337 e. The van der Waals surface area contributed by atoms with Crippen LogP contribution in [0.25, 0.3) is 5.57 Å². The van der Waals surface area contributed by atoms with Gasteiger partial charge < -0.3 is 4.90 Å². The van der Waals surface area contributed by atoms with E-state index in [9.17, 15) is 18.0 Å². The van der Waals surface area contributed by atoms with E-state index in [1.54, 1.807) is 18.9 Å². The molecule has 1 aliphatic rings. The third kappa shape index (κ3) is 9.53. The Morgan fingerprint density at radius 2 is 1.90 bits per heavy atom. The lowest BCUT2D eigenvalue weighted by molar-refractivity contribution is -0.141. The Balaban J connectivity index is 0.00000371. The van der Waals surface area contributed by atoms with E-state index in [1.807, 2.05) is 32.9 Å². The minimum absolute atomic E-state index is 0.162. The van der Waals surface area contributed by atoms with Crippen LogP contribution >= 0.6 is 11.8 Å². The number of carbonyl (C=O) groups excluding carboxylic acids is 1. The summed E-state index contributed by atoms with van der Waals surface area (Å²) in [6.07, 6.45) is 6.92. The number of likely N-dealkylation sites (N-methyl/N-ethyl adjacent to an activating group) is 1. The summed E-state index contributed by atoms with van der Waals surface area (Å²) >= 11 is 1.24. The Morgan fingerprint density at radius 3 is 2.41 bits per heavy atom. The molecule has 0 N–H and O–H groups in total. The molecule has 0 fully saturated rings. The maximum atomic E-state index is 13.5. The third-order valence-electron chi connectivity index (χ3n) is 5.69. The highest BCUT2D eigenvalue weighted by molar-refractivity contribution is 8.19. The van der Waals surface area contributed by atoms with Gasteiger partial charge in [0.15, 0.2) is 0 Å². The monoisotopic (exact) mass is 559 g/mol. The number of pyridine rings is 1. The molecule has 0 unspecified atom stereocenters. The Bertz CT molecular complexity index is 1190. The molecule has 1 amide bonds. The summed E-state index contributed by atoms with van der Waals surface area (Å²) in [5.41, 5.74) is 3.65. The second-order valence-corrected chi connectivity index (χ2v) is 9.70. The van der Waals surface area contributed by atoms with Crippen LogP contribution in [0.4, 0.5) is 13.2 Å². The molecule has 8 heteroatoms. The van der Waals surface area contributed by atoms with Gasteiger partial charge >= 0.3 is 6.18 Å². The van der Waals surface area contributed by atoms with E-state index in [0.717, 1.165) is 36.5 Å². The fraction of sp³-hybridized carbons (Fsp3) is 0.387. The number of alkyl halides is 3. The van der Waals surface area contributed by atoms with Crippen molar-refractivity contribution >= 4 is 28.3 Å². The summed E-state index contributed by atoms with van der Waals surface area (Å²) in [7, 11) is 1.75. The largest absolute Gasteiger partial charge is 0.433 e. The van der Waals surface area contributed by atoms with Crippen molar-refractivity contribution in [2.24, 2.45) is 4.99 Å². The molecule has 39 heavy (non-hydrogen) atoms. The number of hydrogen-bond donors (Lipinski definition) is 0. The number of hydrogen-bond acceptors (Lipinski definition) is 4. The molecule has 2 rings (SSSR count).